The van der Waals surface area contributed by atoms with Crippen LogP contribution in [0.2, 0.25) is 0 Å². The van der Waals surface area contributed by atoms with Gasteiger partial charge in [-0.25, -0.2) is 0 Å². The minimum Gasteiger partial charge on any atom is -0.481 e. The van der Waals surface area contributed by atoms with Crippen LogP contribution in [0.1, 0.15) is 316 Å². The van der Waals surface area contributed by atoms with Gasteiger partial charge in [-0.1, -0.05) is 258 Å². The molecule has 61 heavy (non-hydrogen) atoms. The van der Waals surface area contributed by atoms with Crippen molar-refractivity contribution in [3.05, 3.63) is 0 Å². The fraction of sp³-hybridized carbons (Fsp3) is 0.927. The van der Waals surface area contributed by atoms with Gasteiger partial charge in [-0.3, -0.25) is 19.2 Å². The molecule has 360 valence electrons. The number of hydrogen-bond donors (Lipinski definition) is 1. The highest BCUT2D eigenvalue weighted by molar-refractivity contribution is 5.88. The van der Waals surface area contributed by atoms with Gasteiger partial charge in [-0.15, -0.1) is 0 Å². The van der Waals surface area contributed by atoms with Crippen LogP contribution in [0.5, 0.6) is 0 Å². The Bertz CT molecular complexity index is 962. The molecule has 1 unspecified atom stereocenters. The van der Waals surface area contributed by atoms with Gasteiger partial charge in [0.1, 0.15) is 18.2 Å². The number of carboxylic acid groups (broad SMARTS) is 1. The molecule has 0 aliphatic rings. The first kappa shape index (κ1) is 59.3. The molecular formula is C55H104O6. The lowest BCUT2D eigenvalue weighted by Gasteiger charge is -2.16. The van der Waals surface area contributed by atoms with Crippen molar-refractivity contribution in [3.8, 4) is 0 Å². The second-order valence-corrected chi connectivity index (χ2v) is 19.1. The number of unbranched alkanes of at least 4 members (excludes halogenated alkanes) is 39. The van der Waals surface area contributed by atoms with Gasteiger partial charge in [-0.05, 0) is 25.7 Å². The molecular weight excluding hydrogens is 757 g/mol. The molecule has 0 spiro atoms. The van der Waals surface area contributed by atoms with E-state index >= 15 is 0 Å². The molecule has 0 bridgehead atoms. The third-order valence-electron chi connectivity index (χ3n) is 13.0. The van der Waals surface area contributed by atoms with Crippen molar-refractivity contribution in [3.63, 3.8) is 0 Å². The lowest BCUT2D eigenvalue weighted by atomic mass is 9.92. The zero-order valence-corrected chi connectivity index (χ0v) is 41.0. The third kappa shape index (κ3) is 47.6. The van der Waals surface area contributed by atoms with Crippen molar-refractivity contribution >= 4 is 23.5 Å². The van der Waals surface area contributed by atoms with Gasteiger partial charge < -0.3 is 9.84 Å². The fourth-order valence-corrected chi connectivity index (χ4v) is 8.79. The molecule has 0 amide bonds. The molecule has 6 heteroatoms. The van der Waals surface area contributed by atoms with Crippen molar-refractivity contribution in [1.82, 2.24) is 0 Å². The zero-order valence-electron chi connectivity index (χ0n) is 41.0. The summed E-state index contributed by atoms with van der Waals surface area (Å²) in [5, 5.41) is 8.70. The molecule has 0 saturated heterocycles. The number of carbonyl (C=O) groups is 4. The average Bonchev–Trinajstić information content (AvgIpc) is 3.24. The molecule has 0 aliphatic heterocycles. The number of carboxylic acids is 1. The summed E-state index contributed by atoms with van der Waals surface area (Å²) in [7, 11) is 0. The first-order chi connectivity index (χ1) is 29.9. The fourth-order valence-electron chi connectivity index (χ4n) is 8.79. The highest BCUT2D eigenvalue weighted by atomic mass is 16.5. The lowest BCUT2D eigenvalue weighted by Crippen LogP contribution is -2.25. The smallest absolute Gasteiger partial charge is 0.305 e. The third-order valence-corrected chi connectivity index (χ3v) is 13.0. The SMILES string of the molecule is CCCCCCCCCCCCCCCC(=O)CC(COC(=O)CCCCCCCCCCCCCCCCCCC(=O)O)C(=O)CCCCCCCCCCCCCCC. The summed E-state index contributed by atoms with van der Waals surface area (Å²) in [5.74, 6) is -1.13. The topological polar surface area (TPSA) is 97.7 Å². The van der Waals surface area contributed by atoms with E-state index < -0.39 is 11.9 Å². The normalized spacial score (nSPS) is 11.9. The van der Waals surface area contributed by atoms with Crippen LogP contribution in [-0.2, 0) is 23.9 Å². The number of carbonyl (C=O) groups excluding carboxylic acids is 3. The largest absolute Gasteiger partial charge is 0.481 e. The van der Waals surface area contributed by atoms with Gasteiger partial charge in [0.2, 0.25) is 0 Å². The van der Waals surface area contributed by atoms with Crippen molar-refractivity contribution in [1.29, 1.82) is 0 Å². The summed E-state index contributed by atoms with van der Waals surface area (Å²) in [6.45, 7) is 4.61. The molecule has 0 aromatic carbocycles. The van der Waals surface area contributed by atoms with Gasteiger partial charge >= 0.3 is 11.9 Å². The first-order valence-corrected chi connectivity index (χ1v) is 27.3. The summed E-state index contributed by atoms with van der Waals surface area (Å²) >= 11 is 0. The highest BCUT2D eigenvalue weighted by Crippen LogP contribution is 2.20. The van der Waals surface area contributed by atoms with Crippen molar-refractivity contribution < 1.29 is 29.0 Å². The molecule has 0 aliphatic carbocycles. The van der Waals surface area contributed by atoms with Crippen LogP contribution in [0, 0.1) is 5.92 Å². The predicted molar refractivity (Wildman–Crippen MR) is 260 cm³/mol. The van der Waals surface area contributed by atoms with E-state index in [-0.39, 0.29) is 30.6 Å². The van der Waals surface area contributed by atoms with E-state index in [1.54, 1.807) is 0 Å². The van der Waals surface area contributed by atoms with Crippen molar-refractivity contribution in [2.24, 2.45) is 5.92 Å². The Hall–Kier alpha value is -1.72. The standard InChI is InChI=1S/C55H104O6/c1-3-5-7-9-11-13-15-21-25-29-33-37-41-45-52(56)49-51(53(57)46-42-38-34-30-26-22-16-14-12-10-8-6-4-2)50-61-55(60)48-44-40-36-32-28-24-20-18-17-19-23-27-31-35-39-43-47-54(58)59/h51H,3-50H2,1-2H3,(H,58,59). The number of aliphatic carboxylic acids is 1. The molecule has 1 atom stereocenters. The van der Waals surface area contributed by atoms with Crippen LogP contribution >= 0.6 is 0 Å². The molecule has 0 saturated carbocycles. The zero-order chi connectivity index (χ0) is 44.5. The van der Waals surface area contributed by atoms with Gasteiger partial charge in [0.15, 0.2) is 0 Å². The monoisotopic (exact) mass is 861 g/mol. The van der Waals surface area contributed by atoms with Crippen LogP contribution in [0.3, 0.4) is 0 Å². The summed E-state index contributed by atoms with van der Waals surface area (Å²) in [5.41, 5.74) is 0. The van der Waals surface area contributed by atoms with Crippen LogP contribution < -0.4 is 0 Å². The Morgan fingerprint density at radius 2 is 0.607 bits per heavy atom. The number of ether oxygens (including phenoxy) is 1. The number of Topliss-reactive ketones (excluding diaryl/α,β-unsaturated/α-hetero) is 2. The van der Waals surface area contributed by atoms with E-state index in [0.717, 1.165) is 64.2 Å². The van der Waals surface area contributed by atoms with Crippen LogP contribution in [0.25, 0.3) is 0 Å². The maximum atomic E-state index is 13.4. The molecule has 6 nitrogen and oxygen atoms in total. The second kappa shape index (κ2) is 49.3. The lowest BCUT2D eigenvalue weighted by molar-refractivity contribution is -0.147. The molecule has 0 fully saturated rings. The molecule has 0 heterocycles. The van der Waals surface area contributed by atoms with Crippen LogP contribution in [0.15, 0.2) is 0 Å². The quantitative estimate of drug-likeness (QED) is 0.0483. The summed E-state index contributed by atoms with van der Waals surface area (Å²) in [4.78, 5) is 49.7. The van der Waals surface area contributed by atoms with E-state index in [2.05, 4.69) is 13.8 Å². The molecule has 0 aromatic heterocycles. The summed E-state index contributed by atoms with van der Waals surface area (Å²) in [6, 6.07) is 0. The molecule has 0 radical (unpaired) electrons. The van der Waals surface area contributed by atoms with Gasteiger partial charge in [0.25, 0.3) is 0 Å². The molecule has 0 rings (SSSR count). The number of ketones is 2. The number of esters is 1. The Balaban J connectivity index is 4.26. The number of hydrogen-bond acceptors (Lipinski definition) is 5. The predicted octanol–water partition coefficient (Wildman–Crippen LogP) is 17.7. The van der Waals surface area contributed by atoms with Gasteiger partial charge in [0, 0.05) is 32.1 Å². The second-order valence-electron chi connectivity index (χ2n) is 19.1. The Morgan fingerprint density at radius 1 is 0.344 bits per heavy atom. The minimum absolute atomic E-state index is 0.0645. The van der Waals surface area contributed by atoms with Gasteiger partial charge in [0.05, 0.1) is 5.92 Å². The van der Waals surface area contributed by atoms with Crippen molar-refractivity contribution in [2.75, 3.05) is 6.61 Å². The van der Waals surface area contributed by atoms with Gasteiger partial charge in [-0.2, -0.15) is 0 Å². The molecule has 1 N–H and O–H groups in total. The highest BCUT2D eigenvalue weighted by Gasteiger charge is 2.23. The van der Waals surface area contributed by atoms with E-state index in [9.17, 15) is 19.2 Å². The Morgan fingerprint density at radius 3 is 0.918 bits per heavy atom. The van der Waals surface area contributed by atoms with E-state index in [0.29, 0.717) is 25.7 Å². The van der Waals surface area contributed by atoms with E-state index in [1.165, 1.54) is 205 Å². The minimum atomic E-state index is -0.678. The summed E-state index contributed by atoms with van der Waals surface area (Å²) in [6.07, 6.45) is 54.0. The molecule has 0 aromatic rings. The van der Waals surface area contributed by atoms with E-state index in [1.807, 2.05) is 0 Å². The maximum absolute atomic E-state index is 13.4. The Kier molecular flexibility index (Phi) is 47.9. The first-order valence-electron chi connectivity index (χ1n) is 27.3. The van der Waals surface area contributed by atoms with Crippen LogP contribution in [0.4, 0.5) is 0 Å². The van der Waals surface area contributed by atoms with E-state index in [4.69, 9.17) is 9.84 Å². The van der Waals surface area contributed by atoms with Crippen LogP contribution in [-0.4, -0.2) is 35.2 Å². The average molecular weight is 861 g/mol. The van der Waals surface area contributed by atoms with Crippen molar-refractivity contribution in [2.45, 2.75) is 316 Å². The number of rotatable bonds is 52. The Labute approximate surface area is 379 Å². The summed E-state index contributed by atoms with van der Waals surface area (Å²) < 4.78 is 5.67. The maximum Gasteiger partial charge on any atom is 0.305 e.